The van der Waals surface area contributed by atoms with E-state index in [2.05, 4.69) is 6.92 Å². The Bertz CT molecular complexity index is 662. The van der Waals surface area contributed by atoms with Crippen LogP contribution in [0.2, 0.25) is 0 Å². The molecule has 228 valence electrons. The van der Waals surface area contributed by atoms with Gasteiger partial charge >= 0.3 is 0 Å². The van der Waals surface area contributed by atoms with Gasteiger partial charge in [0.25, 0.3) is 10.1 Å². The molecule has 0 aromatic carbocycles. The average molecular weight is 571 g/mol. The maximum absolute atomic E-state index is 11.1. The molecule has 0 bridgehead atoms. The number of aliphatic hydroxyl groups is 4. The molecule has 0 aromatic heterocycles. The fourth-order valence-corrected chi connectivity index (χ4v) is 5.32. The summed E-state index contributed by atoms with van der Waals surface area (Å²) >= 11 is 0. The Morgan fingerprint density at radius 1 is 0.711 bits per heavy atom. The third-order valence-electron chi connectivity index (χ3n) is 6.95. The predicted molar refractivity (Wildman–Crippen MR) is 145 cm³/mol. The van der Waals surface area contributed by atoms with Crippen LogP contribution in [0.15, 0.2) is 0 Å². The molecule has 6 atom stereocenters. The number of unbranched alkanes of at least 4 members (excludes halogenated alkanes) is 15. The second-order valence-corrected chi connectivity index (χ2v) is 12.1. The summed E-state index contributed by atoms with van der Waals surface area (Å²) < 4.78 is 47.0. The Hall–Kier alpha value is -0.370. The van der Waals surface area contributed by atoms with Crippen LogP contribution < -0.4 is 0 Å². The molecule has 0 radical (unpaired) electrons. The minimum absolute atomic E-state index is 0.0151. The van der Waals surface area contributed by atoms with Gasteiger partial charge in [-0.3, -0.25) is 4.55 Å². The SMILES string of the molecule is CCCCCCCCCCCCCCCCCCOC[C@@H](O)CO[C@H]1O[C@H](CS(=O)(=O)O)[C@@H](O)[C@H](O)[C@H]1O. The Morgan fingerprint density at radius 2 is 1.18 bits per heavy atom. The molecule has 11 heteroatoms. The summed E-state index contributed by atoms with van der Waals surface area (Å²) in [4.78, 5) is 0. The zero-order chi connectivity index (χ0) is 28.2. The summed E-state index contributed by atoms with van der Waals surface area (Å²) in [7, 11) is -4.49. The molecule has 1 aliphatic rings. The quantitative estimate of drug-likeness (QED) is 0.0859. The van der Waals surface area contributed by atoms with Gasteiger partial charge in [0.2, 0.25) is 0 Å². The van der Waals surface area contributed by atoms with Crippen molar-refractivity contribution in [3.05, 3.63) is 0 Å². The molecule has 5 N–H and O–H groups in total. The van der Waals surface area contributed by atoms with Gasteiger partial charge in [-0.2, -0.15) is 8.42 Å². The molecular formula is C27H54O10S. The van der Waals surface area contributed by atoms with E-state index in [9.17, 15) is 28.8 Å². The molecule has 10 nitrogen and oxygen atoms in total. The van der Waals surface area contributed by atoms with Crippen LogP contribution in [-0.4, -0.2) is 95.8 Å². The van der Waals surface area contributed by atoms with Crippen LogP contribution in [0.5, 0.6) is 0 Å². The van der Waals surface area contributed by atoms with Crippen LogP contribution in [0.4, 0.5) is 0 Å². The highest BCUT2D eigenvalue weighted by molar-refractivity contribution is 7.85. The maximum Gasteiger partial charge on any atom is 0.267 e. The largest absolute Gasteiger partial charge is 0.388 e. The number of hydrogen-bond donors (Lipinski definition) is 5. The first-order chi connectivity index (χ1) is 18.2. The normalized spacial score (nSPS) is 25.1. The fraction of sp³-hybridized carbons (Fsp3) is 1.00. The molecule has 1 heterocycles. The van der Waals surface area contributed by atoms with E-state index in [-0.39, 0.29) is 13.2 Å². The van der Waals surface area contributed by atoms with Gasteiger partial charge in [-0.25, -0.2) is 0 Å². The van der Waals surface area contributed by atoms with Gasteiger partial charge in [-0.15, -0.1) is 0 Å². The van der Waals surface area contributed by atoms with Crippen molar-refractivity contribution in [1.29, 1.82) is 0 Å². The van der Waals surface area contributed by atoms with Crippen LogP contribution in [-0.2, 0) is 24.3 Å². The minimum Gasteiger partial charge on any atom is -0.388 e. The minimum atomic E-state index is -4.49. The molecule has 1 rings (SSSR count). The Morgan fingerprint density at radius 3 is 1.66 bits per heavy atom. The molecule has 0 spiro atoms. The molecule has 0 saturated carbocycles. The summed E-state index contributed by atoms with van der Waals surface area (Å²) in [6.07, 6.45) is 11.6. The van der Waals surface area contributed by atoms with E-state index in [1.165, 1.54) is 89.9 Å². The smallest absolute Gasteiger partial charge is 0.267 e. The van der Waals surface area contributed by atoms with Crippen molar-refractivity contribution in [1.82, 2.24) is 0 Å². The third-order valence-corrected chi connectivity index (χ3v) is 7.70. The van der Waals surface area contributed by atoms with E-state index < -0.39 is 52.7 Å². The lowest BCUT2D eigenvalue weighted by Crippen LogP contribution is -2.60. The van der Waals surface area contributed by atoms with Crippen LogP contribution >= 0.6 is 0 Å². The lowest BCUT2D eigenvalue weighted by atomic mass is 10.00. The zero-order valence-electron chi connectivity index (χ0n) is 23.3. The van der Waals surface area contributed by atoms with E-state index in [1.807, 2.05) is 0 Å². The molecule has 1 aliphatic heterocycles. The van der Waals surface area contributed by atoms with Crippen LogP contribution in [0.1, 0.15) is 110 Å². The van der Waals surface area contributed by atoms with Crippen molar-refractivity contribution < 1.29 is 47.6 Å². The van der Waals surface area contributed by atoms with Gasteiger partial charge in [0.1, 0.15) is 36.3 Å². The van der Waals surface area contributed by atoms with Crippen LogP contribution in [0, 0.1) is 0 Å². The highest BCUT2D eigenvalue weighted by Gasteiger charge is 2.45. The van der Waals surface area contributed by atoms with Crippen molar-refractivity contribution in [3.63, 3.8) is 0 Å². The monoisotopic (exact) mass is 570 g/mol. The van der Waals surface area contributed by atoms with Crippen LogP contribution in [0.25, 0.3) is 0 Å². The van der Waals surface area contributed by atoms with Gasteiger partial charge in [-0.05, 0) is 6.42 Å². The molecule has 38 heavy (non-hydrogen) atoms. The molecule has 1 fully saturated rings. The van der Waals surface area contributed by atoms with E-state index >= 15 is 0 Å². The van der Waals surface area contributed by atoms with Crippen molar-refractivity contribution in [2.75, 3.05) is 25.6 Å². The first-order valence-corrected chi connectivity index (χ1v) is 16.3. The van der Waals surface area contributed by atoms with Crippen LogP contribution in [0.3, 0.4) is 0 Å². The lowest BCUT2D eigenvalue weighted by molar-refractivity contribution is -0.296. The number of hydrogen-bond acceptors (Lipinski definition) is 9. The van der Waals surface area contributed by atoms with Gasteiger partial charge in [0.15, 0.2) is 6.29 Å². The molecular weight excluding hydrogens is 516 g/mol. The topological polar surface area (TPSA) is 163 Å². The molecule has 0 aliphatic carbocycles. The van der Waals surface area contributed by atoms with Crippen molar-refractivity contribution in [3.8, 4) is 0 Å². The molecule has 1 saturated heterocycles. The average Bonchev–Trinajstić information content (AvgIpc) is 2.86. The van der Waals surface area contributed by atoms with Gasteiger partial charge in [0.05, 0.1) is 13.2 Å². The first kappa shape index (κ1) is 35.7. The fourth-order valence-electron chi connectivity index (χ4n) is 4.63. The highest BCUT2D eigenvalue weighted by Crippen LogP contribution is 2.23. The predicted octanol–water partition coefficient (Wildman–Crippen LogP) is 3.34. The maximum atomic E-state index is 11.1. The first-order valence-electron chi connectivity index (χ1n) is 14.7. The van der Waals surface area contributed by atoms with E-state index in [0.717, 1.165) is 12.8 Å². The number of rotatable bonds is 24. The van der Waals surface area contributed by atoms with Gasteiger partial charge in [0, 0.05) is 6.61 Å². The van der Waals surface area contributed by atoms with Crippen molar-refractivity contribution in [2.45, 2.75) is 146 Å². The second-order valence-electron chi connectivity index (χ2n) is 10.6. The number of aliphatic hydroxyl groups excluding tert-OH is 4. The molecule has 0 unspecified atom stereocenters. The Balaban J connectivity index is 1.97. The molecule has 0 amide bonds. The Kier molecular flexibility index (Phi) is 20.1. The van der Waals surface area contributed by atoms with Crippen molar-refractivity contribution >= 4 is 10.1 Å². The van der Waals surface area contributed by atoms with Crippen molar-refractivity contribution in [2.24, 2.45) is 0 Å². The van der Waals surface area contributed by atoms with Gasteiger partial charge in [-0.1, -0.05) is 103 Å². The number of ether oxygens (including phenoxy) is 3. The molecule has 0 aromatic rings. The van der Waals surface area contributed by atoms with Gasteiger partial charge < -0.3 is 34.6 Å². The summed E-state index contributed by atoms with van der Waals surface area (Å²) in [5, 5.41) is 39.8. The Labute approximate surface area is 229 Å². The van der Waals surface area contributed by atoms with E-state index in [4.69, 9.17) is 18.8 Å². The zero-order valence-corrected chi connectivity index (χ0v) is 24.1. The highest BCUT2D eigenvalue weighted by atomic mass is 32.2. The van der Waals surface area contributed by atoms with E-state index in [1.54, 1.807) is 0 Å². The second kappa shape index (κ2) is 21.4. The summed E-state index contributed by atoms with van der Waals surface area (Å²) in [5.74, 6) is -0.969. The summed E-state index contributed by atoms with van der Waals surface area (Å²) in [6, 6.07) is 0. The van der Waals surface area contributed by atoms with E-state index in [0.29, 0.717) is 6.61 Å². The third kappa shape index (κ3) is 17.3. The lowest BCUT2D eigenvalue weighted by Gasteiger charge is -2.40. The standard InChI is InChI=1S/C27H54O10S/c1-2-3-4-5-6-7-8-9-10-11-12-13-14-15-16-17-18-35-19-22(28)20-36-27-26(31)25(30)24(29)23(37-27)21-38(32,33)34/h22-31H,2-21H2,1H3,(H,32,33,34)/t22-,23-,24-,25+,26-,27+/m1/s1. The summed E-state index contributed by atoms with van der Waals surface area (Å²) in [6.45, 7) is 2.49. The summed E-state index contributed by atoms with van der Waals surface area (Å²) in [5.41, 5.74) is 0.